The van der Waals surface area contributed by atoms with Crippen molar-refractivity contribution in [2.45, 2.75) is 6.17 Å². The molecule has 2 aliphatic heterocycles. The van der Waals surface area contributed by atoms with E-state index in [1.165, 1.54) is 0 Å². The van der Waals surface area contributed by atoms with Crippen molar-refractivity contribution in [3.63, 3.8) is 0 Å². The van der Waals surface area contributed by atoms with Crippen LogP contribution in [0.5, 0.6) is 11.5 Å². The molecule has 0 aliphatic carbocycles. The first-order valence-electron chi connectivity index (χ1n) is 5.78. The fraction of sp³-hybridized carbons (Fsp3) is 0.154. The molecule has 3 heterocycles. The van der Waals surface area contributed by atoms with Gasteiger partial charge in [-0.3, -0.25) is 0 Å². The summed E-state index contributed by atoms with van der Waals surface area (Å²) in [5, 5.41) is 6.70. The zero-order valence-corrected chi connectivity index (χ0v) is 9.51. The van der Waals surface area contributed by atoms with Gasteiger partial charge in [0.1, 0.15) is 6.17 Å². The average molecular weight is 241 g/mol. The van der Waals surface area contributed by atoms with Crippen molar-refractivity contribution in [2.24, 2.45) is 0 Å². The van der Waals surface area contributed by atoms with Crippen LogP contribution in [0.15, 0.2) is 36.5 Å². The summed E-state index contributed by atoms with van der Waals surface area (Å²) >= 11 is 0. The summed E-state index contributed by atoms with van der Waals surface area (Å²) in [5.74, 6) is 2.47. The van der Waals surface area contributed by atoms with E-state index >= 15 is 0 Å². The predicted molar refractivity (Wildman–Crippen MR) is 66.8 cm³/mol. The molecule has 1 aromatic heterocycles. The molecule has 0 unspecified atom stereocenters. The largest absolute Gasteiger partial charge is 0.454 e. The van der Waals surface area contributed by atoms with E-state index in [4.69, 9.17) is 9.47 Å². The average Bonchev–Trinajstić information content (AvgIpc) is 3.04. The molecule has 5 nitrogen and oxygen atoms in total. The second-order valence-electron chi connectivity index (χ2n) is 4.23. The molecule has 0 amide bonds. The van der Waals surface area contributed by atoms with Gasteiger partial charge >= 0.3 is 0 Å². The molecule has 0 saturated carbocycles. The molecular formula is C13H11N3O2. The van der Waals surface area contributed by atoms with Crippen molar-refractivity contribution in [1.82, 2.24) is 4.98 Å². The molecule has 5 heteroatoms. The molecule has 0 bridgehead atoms. The fourth-order valence-corrected chi connectivity index (χ4v) is 2.22. The Morgan fingerprint density at radius 3 is 3.00 bits per heavy atom. The maximum atomic E-state index is 5.38. The molecule has 0 fully saturated rings. The highest BCUT2D eigenvalue weighted by Crippen LogP contribution is 2.38. The van der Waals surface area contributed by atoms with Crippen molar-refractivity contribution in [3.8, 4) is 11.5 Å². The fourth-order valence-electron chi connectivity index (χ4n) is 2.22. The summed E-state index contributed by atoms with van der Waals surface area (Å²) in [5.41, 5.74) is 2.11. The number of ether oxygens (including phenoxy) is 2. The Morgan fingerprint density at radius 1 is 1.11 bits per heavy atom. The van der Waals surface area contributed by atoms with Crippen molar-refractivity contribution in [2.75, 3.05) is 17.4 Å². The molecule has 2 aromatic rings. The summed E-state index contributed by atoms with van der Waals surface area (Å²) < 4.78 is 10.7. The summed E-state index contributed by atoms with van der Waals surface area (Å²) in [7, 11) is 0. The minimum atomic E-state index is 0.0180. The van der Waals surface area contributed by atoms with Crippen LogP contribution >= 0.6 is 0 Å². The third kappa shape index (κ3) is 1.37. The lowest BCUT2D eigenvalue weighted by atomic mass is 10.1. The molecular weight excluding hydrogens is 230 g/mol. The van der Waals surface area contributed by atoms with Crippen LogP contribution in [0, 0.1) is 0 Å². The van der Waals surface area contributed by atoms with Crippen molar-refractivity contribution in [3.05, 3.63) is 42.1 Å². The molecule has 90 valence electrons. The van der Waals surface area contributed by atoms with E-state index in [0.29, 0.717) is 6.79 Å². The molecule has 4 rings (SSSR count). The Labute approximate surface area is 104 Å². The maximum Gasteiger partial charge on any atom is 0.231 e. The van der Waals surface area contributed by atoms with Gasteiger partial charge in [0.15, 0.2) is 17.3 Å². The Balaban J connectivity index is 1.66. The minimum absolute atomic E-state index is 0.0180. The Kier molecular flexibility index (Phi) is 1.88. The summed E-state index contributed by atoms with van der Waals surface area (Å²) in [6, 6.07) is 9.85. The van der Waals surface area contributed by atoms with Crippen LogP contribution in [0.3, 0.4) is 0 Å². The van der Waals surface area contributed by atoms with Gasteiger partial charge in [0.25, 0.3) is 0 Å². The van der Waals surface area contributed by atoms with Crippen LogP contribution in [0.1, 0.15) is 11.7 Å². The molecule has 0 radical (unpaired) electrons. The highest BCUT2D eigenvalue weighted by molar-refractivity contribution is 5.71. The monoisotopic (exact) mass is 241 g/mol. The number of rotatable bonds is 1. The first-order valence-corrected chi connectivity index (χ1v) is 5.78. The first-order chi connectivity index (χ1) is 8.90. The smallest absolute Gasteiger partial charge is 0.231 e. The minimum Gasteiger partial charge on any atom is -0.454 e. The zero-order valence-electron chi connectivity index (χ0n) is 9.51. The van der Waals surface area contributed by atoms with Crippen LogP contribution in [0.4, 0.5) is 11.5 Å². The highest BCUT2D eigenvalue weighted by atomic mass is 16.7. The van der Waals surface area contributed by atoms with Gasteiger partial charge in [-0.1, -0.05) is 6.07 Å². The van der Waals surface area contributed by atoms with E-state index in [2.05, 4.69) is 15.6 Å². The SMILES string of the molecule is c1cnc2c(c1)N[C@@H](c1ccc3c(c1)OCO3)N2. The van der Waals surface area contributed by atoms with Gasteiger partial charge in [-0.25, -0.2) is 4.98 Å². The second kappa shape index (κ2) is 3.53. The highest BCUT2D eigenvalue weighted by Gasteiger charge is 2.23. The van der Waals surface area contributed by atoms with E-state index in [-0.39, 0.29) is 6.17 Å². The van der Waals surface area contributed by atoms with Crippen molar-refractivity contribution in [1.29, 1.82) is 0 Å². The number of aromatic nitrogens is 1. The Hall–Kier alpha value is -2.43. The normalized spacial score (nSPS) is 19.0. The molecule has 2 aliphatic rings. The lowest BCUT2D eigenvalue weighted by molar-refractivity contribution is 0.174. The molecule has 0 saturated heterocycles. The van der Waals surface area contributed by atoms with E-state index < -0.39 is 0 Å². The molecule has 1 atom stereocenters. The standard InChI is InChI=1S/C13H11N3O2/c1-2-9-13(14-5-1)16-12(15-9)8-3-4-10-11(6-8)18-7-17-10/h1-6,12,15H,7H2,(H,14,16)/t12-/m1/s1. The predicted octanol–water partition coefficient (Wildman–Crippen LogP) is 2.35. The van der Waals surface area contributed by atoms with E-state index in [1.54, 1.807) is 6.20 Å². The van der Waals surface area contributed by atoms with Gasteiger partial charge in [0.2, 0.25) is 6.79 Å². The van der Waals surface area contributed by atoms with Crippen LogP contribution in [0.25, 0.3) is 0 Å². The molecule has 0 spiro atoms. The molecule has 18 heavy (non-hydrogen) atoms. The maximum absolute atomic E-state index is 5.38. The number of hydrogen-bond donors (Lipinski definition) is 2. The molecule has 1 aromatic carbocycles. The third-order valence-corrected chi connectivity index (χ3v) is 3.12. The number of pyridine rings is 1. The summed E-state index contributed by atoms with van der Waals surface area (Å²) in [6.45, 7) is 0.298. The van der Waals surface area contributed by atoms with Crippen LogP contribution in [0.2, 0.25) is 0 Å². The number of nitrogens with one attached hydrogen (secondary N) is 2. The van der Waals surface area contributed by atoms with Crippen molar-refractivity contribution >= 4 is 11.5 Å². The lowest BCUT2D eigenvalue weighted by Crippen LogP contribution is -2.12. The van der Waals surface area contributed by atoms with Gasteiger partial charge in [-0.05, 0) is 29.8 Å². The van der Waals surface area contributed by atoms with Gasteiger partial charge < -0.3 is 20.1 Å². The molecule has 2 N–H and O–H groups in total. The first kappa shape index (κ1) is 9.58. The Bertz CT molecular complexity index is 590. The van der Waals surface area contributed by atoms with Gasteiger partial charge in [0, 0.05) is 6.20 Å². The van der Waals surface area contributed by atoms with Gasteiger partial charge in [-0.15, -0.1) is 0 Å². The van der Waals surface area contributed by atoms with Crippen LogP contribution in [-0.2, 0) is 0 Å². The number of benzene rings is 1. The van der Waals surface area contributed by atoms with Crippen LogP contribution in [-0.4, -0.2) is 11.8 Å². The van der Waals surface area contributed by atoms with E-state index in [1.807, 2.05) is 30.3 Å². The lowest BCUT2D eigenvalue weighted by Gasteiger charge is -2.12. The van der Waals surface area contributed by atoms with Gasteiger partial charge in [-0.2, -0.15) is 0 Å². The number of nitrogens with zero attached hydrogens (tertiary/aromatic N) is 1. The van der Waals surface area contributed by atoms with E-state index in [0.717, 1.165) is 28.6 Å². The summed E-state index contributed by atoms with van der Waals surface area (Å²) in [6.07, 6.45) is 1.79. The number of fused-ring (bicyclic) bond motifs is 2. The summed E-state index contributed by atoms with van der Waals surface area (Å²) in [4.78, 5) is 4.28. The number of hydrogen-bond acceptors (Lipinski definition) is 5. The zero-order chi connectivity index (χ0) is 11.9. The second-order valence-corrected chi connectivity index (χ2v) is 4.23. The van der Waals surface area contributed by atoms with Crippen molar-refractivity contribution < 1.29 is 9.47 Å². The number of anilines is 2. The quantitative estimate of drug-likeness (QED) is 0.802. The topological polar surface area (TPSA) is 55.4 Å². The van der Waals surface area contributed by atoms with E-state index in [9.17, 15) is 0 Å². The van der Waals surface area contributed by atoms with Crippen LogP contribution < -0.4 is 20.1 Å². The Morgan fingerprint density at radius 2 is 2.06 bits per heavy atom. The van der Waals surface area contributed by atoms with Gasteiger partial charge in [0.05, 0.1) is 5.69 Å². The third-order valence-electron chi connectivity index (χ3n) is 3.12.